The van der Waals surface area contributed by atoms with Crippen molar-refractivity contribution in [1.82, 2.24) is 0 Å². The Morgan fingerprint density at radius 2 is 1.76 bits per heavy atom. The Morgan fingerprint density at radius 1 is 1.06 bits per heavy atom. The first-order valence-electron chi connectivity index (χ1n) is 5.70. The summed E-state index contributed by atoms with van der Waals surface area (Å²) in [6, 6.07) is 12.6. The van der Waals surface area contributed by atoms with E-state index in [2.05, 4.69) is 78.1 Å². The molecule has 0 amide bonds. The molecule has 17 heavy (non-hydrogen) atoms. The highest BCUT2D eigenvalue weighted by Gasteiger charge is 2.07. The van der Waals surface area contributed by atoms with Crippen molar-refractivity contribution in [3.8, 4) is 0 Å². The summed E-state index contributed by atoms with van der Waals surface area (Å²) in [6.07, 6.45) is 1.94. The topological polar surface area (TPSA) is 12.4 Å². The Bertz CT molecular complexity index is 565. The molecule has 2 heteroatoms. The summed E-state index contributed by atoms with van der Waals surface area (Å²) >= 11 is 3.66. The first kappa shape index (κ1) is 12.3. The van der Waals surface area contributed by atoms with Crippen LogP contribution in [0.2, 0.25) is 0 Å². The van der Waals surface area contributed by atoms with E-state index in [1.807, 2.05) is 6.21 Å². The van der Waals surface area contributed by atoms with Crippen molar-refractivity contribution >= 4 is 32.9 Å². The smallest absolute Gasteiger partial charge is 0.0524 e. The fourth-order valence-corrected chi connectivity index (χ4v) is 2.21. The van der Waals surface area contributed by atoms with Crippen LogP contribution in [0.15, 0.2) is 45.9 Å². The highest BCUT2D eigenvalue weighted by Crippen LogP contribution is 2.27. The van der Waals surface area contributed by atoms with Crippen LogP contribution in [-0.2, 0) is 0 Å². The molecule has 0 radical (unpaired) electrons. The summed E-state index contributed by atoms with van der Waals surface area (Å²) in [5, 5.41) is 2.47. The number of fused-ring (bicyclic) bond motifs is 1. The Labute approximate surface area is 111 Å². The van der Waals surface area contributed by atoms with Gasteiger partial charge in [-0.3, -0.25) is 4.99 Å². The quantitative estimate of drug-likeness (QED) is 0.668. The standard InChI is InChI=1S/C15H16BrN/c1-15(2,3)17-10-12-9-8-11-6-4-5-7-13(11)14(12)16/h4-10H,1-3H3/b17-10+. The van der Waals surface area contributed by atoms with Crippen LogP contribution in [0.5, 0.6) is 0 Å². The van der Waals surface area contributed by atoms with Crippen LogP contribution in [0.1, 0.15) is 26.3 Å². The van der Waals surface area contributed by atoms with Crippen molar-refractivity contribution in [2.45, 2.75) is 26.3 Å². The second-order valence-electron chi connectivity index (χ2n) is 5.12. The van der Waals surface area contributed by atoms with Gasteiger partial charge in [0.2, 0.25) is 0 Å². The second-order valence-corrected chi connectivity index (χ2v) is 5.91. The number of hydrogen-bond acceptors (Lipinski definition) is 1. The van der Waals surface area contributed by atoms with Crippen LogP contribution in [0.4, 0.5) is 0 Å². The van der Waals surface area contributed by atoms with Crippen LogP contribution >= 0.6 is 15.9 Å². The minimum Gasteiger partial charge on any atom is -0.287 e. The zero-order valence-electron chi connectivity index (χ0n) is 10.4. The van der Waals surface area contributed by atoms with Gasteiger partial charge in [0, 0.05) is 16.3 Å². The van der Waals surface area contributed by atoms with Gasteiger partial charge in [-0.05, 0) is 47.5 Å². The molecule has 0 bridgehead atoms. The third-order valence-electron chi connectivity index (χ3n) is 2.48. The third kappa shape index (κ3) is 2.95. The molecule has 2 rings (SSSR count). The van der Waals surface area contributed by atoms with Crippen molar-refractivity contribution < 1.29 is 0 Å². The minimum absolute atomic E-state index is 0.0366. The number of rotatable bonds is 1. The summed E-state index contributed by atoms with van der Waals surface area (Å²) in [7, 11) is 0. The first-order valence-corrected chi connectivity index (χ1v) is 6.49. The molecule has 0 heterocycles. The Morgan fingerprint density at radius 3 is 2.47 bits per heavy atom. The molecular weight excluding hydrogens is 274 g/mol. The molecule has 1 nitrogen and oxygen atoms in total. The lowest BCUT2D eigenvalue weighted by Crippen LogP contribution is -2.09. The molecule has 0 fully saturated rings. The van der Waals surface area contributed by atoms with Crippen molar-refractivity contribution in [2.24, 2.45) is 4.99 Å². The fraction of sp³-hybridized carbons (Fsp3) is 0.267. The van der Waals surface area contributed by atoms with Crippen molar-refractivity contribution in [1.29, 1.82) is 0 Å². The molecule has 0 unspecified atom stereocenters. The molecule has 0 aliphatic heterocycles. The van der Waals surface area contributed by atoms with Crippen LogP contribution in [0.25, 0.3) is 10.8 Å². The molecule has 88 valence electrons. The zero-order chi connectivity index (χ0) is 12.5. The minimum atomic E-state index is -0.0366. The van der Waals surface area contributed by atoms with E-state index in [1.165, 1.54) is 10.8 Å². The Hall–Kier alpha value is -1.15. The number of benzene rings is 2. The average Bonchev–Trinajstić information content (AvgIpc) is 2.27. The highest BCUT2D eigenvalue weighted by molar-refractivity contribution is 9.10. The van der Waals surface area contributed by atoms with E-state index >= 15 is 0 Å². The third-order valence-corrected chi connectivity index (χ3v) is 3.37. The molecule has 0 aliphatic rings. The molecule has 0 saturated carbocycles. The van der Waals surface area contributed by atoms with E-state index in [-0.39, 0.29) is 5.54 Å². The molecule has 0 atom stereocenters. The maximum Gasteiger partial charge on any atom is 0.0524 e. The van der Waals surface area contributed by atoms with E-state index < -0.39 is 0 Å². The van der Waals surface area contributed by atoms with Gasteiger partial charge in [0.05, 0.1) is 5.54 Å². The first-order chi connectivity index (χ1) is 7.97. The van der Waals surface area contributed by atoms with Gasteiger partial charge in [-0.15, -0.1) is 0 Å². The molecular formula is C15H16BrN. The van der Waals surface area contributed by atoms with Crippen molar-refractivity contribution in [2.75, 3.05) is 0 Å². The van der Waals surface area contributed by atoms with Crippen LogP contribution < -0.4 is 0 Å². The fourth-order valence-electron chi connectivity index (χ4n) is 1.61. The monoisotopic (exact) mass is 289 g/mol. The lowest BCUT2D eigenvalue weighted by molar-refractivity contribution is 0.586. The Kier molecular flexibility index (Phi) is 3.34. The summed E-state index contributed by atoms with van der Waals surface area (Å²) in [6.45, 7) is 6.29. The van der Waals surface area contributed by atoms with Crippen LogP contribution in [0, 0.1) is 0 Å². The SMILES string of the molecule is CC(C)(C)/N=C/c1ccc2ccccc2c1Br. The number of aliphatic imine (C=N–C) groups is 1. The normalized spacial score (nSPS) is 12.5. The lowest BCUT2D eigenvalue weighted by Gasteiger charge is -2.11. The van der Waals surface area contributed by atoms with Gasteiger partial charge < -0.3 is 0 Å². The average molecular weight is 290 g/mol. The summed E-state index contributed by atoms with van der Waals surface area (Å²) < 4.78 is 1.11. The second kappa shape index (κ2) is 4.61. The van der Waals surface area contributed by atoms with Crippen molar-refractivity contribution in [3.63, 3.8) is 0 Å². The number of nitrogens with zero attached hydrogens (tertiary/aromatic N) is 1. The maximum atomic E-state index is 4.54. The van der Waals surface area contributed by atoms with E-state index in [4.69, 9.17) is 0 Å². The predicted octanol–water partition coefficient (Wildman–Crippen LogP) is 4.82. The van der Waals surface area contributed by atoms with Gasteiger partial charge >= 0.3 is 0 Å². The molecule has 0 N–H and O–H groups in total. The van der Waals surface area contributed by atoms with E-state index in [9.17, 15) is 0 Å². The summed E-state index contributed by atoms with van der Waals surface area (Å²) in [5.74, 6) is 0. The largest absolute Gasteiger partial charge is 0.287 e. The summed E-state index contributed by atoms with van der Waals surface area (Å²) in [4.78, 5) is 4.54. The molecule has 0 aliphatic carbocycles. The van der Waals surface area contributed by atoms with E-state index in [0.717, 1.165) is 10.0 Å². The van der Waals surface area contributed by atoms with Gasteiger partial charge in [-0.25, -0.2) is 0 Å². The van der Waals surface area contributed by atoms with E-state index in [0.29, 0.717) is 0 Å². The number of halogens is 1. The van der Waals surface area contributed by atoms with Gasteiger partial charge in [0.1, 0.15) is 0 Å². The van der Waals surface area contributed by atoms with Gasteiger partial charge in [0.25, 0.3) is 0 Å². The molecule has 2 aromatic rings. The van der Waals surface area contributed by atoms with Gasteiger partial charge in [-0.2, -0.15) is 0 Å². The lowest BCUT2D eigenvalue weighted by atomic mass is 10.1. The maximum absolute atomic E-state index is 4.54. The van der Waals surface area contributed by atoms with Crippen LogP contribution in [-0.4, -0.2) is 11.8 Å². The zero-order valence-corrected chi connectivity index (χ0v) is 12.0. The molecule has 2 aromatic carbocycles. The predicted molar refractivity (Wildman–Crippen MR) is 79.0 cm³/mol. The molecule has 0 aromatic heterocycles. The molecule has 0 spiro atoms. The highest BCUT2D eigenvalue weighted by atomic mass is 79.9. The van der Waals surface area contributed by atoms with Crippen molar-refractivity contribution in [3.05, 3.63) is 46.4 Å². The van der Waals surface area contributed by atoms with Crippen LogP contribution in [0.3, 0.4) is 0 Å². The number of hydrogen-bond donors (Lipinski definition) is 0. The Balaban J connectivity index is 2.50. The summed E-state index contributed by atoms with van der Waals surface area (Å²) in [5.41, 5.74) is 1.09. The van der Waals surface area contributed by atoms with Gasteiger partial charge in [-0.1, -0.05) is 36.4 Å². The molecule has 0 saturated heterocycles. The van der Waals surface area contributed by atoms with E-state index in [1.54, 1.807) is 0 Å². The van der Waals surface area contributed by atoms with Gasteiger partial charge in [0.15, 0.2) is 0 Å².